The number of hydrogen-bond donors (Lipinski definition) is 0. The average molecular weight is 267 g/mol. The van der Waals surface area contributed by atoms with Gasteiger partial charge in [-0.05, 0) is 0 Å². The number of rotatable bonds is 5. The third-order valence-electron chi connectivity index (χ3n) is 3.32. The SMILES string of the molecule is C[C@@H](CN1CCOCC1)C(=O)N(C)Cc1ccon1. The zero-order valence-corrected chi connectivity index (χ0v) is 11.5. The van der Waals surface area contributed by atoms with Crippen molar-refractivity contribution in [3.05, 3.63) is 18.0 Å². The van der Waals surface area contributed by atoms with E-state index in [1.807, 2.05) is 6.92 Å². The standard InChI is InChI=1S/C13H21N3O3/c1-11(9-16-4-7-18-8-5-16)13(17)15(2)10-12-3-6-19-14-12/h3,6,11H,4-5,7-10H2,1-2H3/t11-/m0/s1. The van der Waals surface area contributed by atoms with Crippen LogP contribution in [0.4, 0.5) is 0 Å². The van der Waals surface area contributed by atoms with Gasteiger partial charge in [-0.1, -0.05) is 12.1 Å². The molecule has 0 bridgehead atoms. The zero-order valence-electron chi connectivity index (χ0n) is 11.5. The summed E-state index contributed by atoms with van der Waals surface area (Å²) in [5.74, 6) is 0.115. The number of carbonyl (C=O) groups excluding carboxylic acids is 1. The Kier molecular flexibility index (Phi) is 4.93. The van der Waals surface area contributed by atoms with Crippen LogP contribution in [0, 0.1) is 5.92 Å². The van der Waals surface area contributed by atoms with Crippen molar-refractivity contribution >= 4 is 5.91 Å². The Balaban J connectivity index is 1.80. The Labute approximate surface area is 113 Å². The van der Waals surface area contributed by atoms with E-state index in [-0.39, 0.29) is 11.8 Å². The third kappa shape index (κ3) is 4.04. The summed E-state index contributed by atoms with van der Waals surface area (Å²) in [6, 6.07) is 1.77. The van der Waals surface area contributed by atoms with Crippen molar-refractivity contribution in [1.82, 2.24) is 15.0 Å². The molecule has 0 unspecified atom stereocenters. The first-order valence-corrected chi connectivity index (χ1v) is 6.61. The number of nitrogens with zero attached hydrogens (tertiary/aromatic N) is 3. The van der Waals surface area contributed by atoms with Crippen LogP contribution in [-0.4, -0.2) is 60.8 Å². The molecule has 1 saturated heterocycles. The van der Waals surface area contributed by atoms with E-state index in [2.05, 4.69) is 10.1 Å². The van der Waals surface area contributed by atoms with E-state index in [0.717, 1.165) is 38.5 Å². The topological polar surface area (TPSA) is 58.8 Å². The highest BCUT2D eigenvalue weighted by molar-refractivity contribution is 5.78. The Bertz CT molecular complexity index is 388. The maximum absolute atomic E-state index is 12.3. The highest BCUT2D eigenvalue weighted by atomic mass is 16.5. The lowest BCUT2D eigenvalue weighted by Crippen LogP contribution is -2.43. The molecule has 19 heavy (non-hydrogen) atoms. The summed E-state index contributed by atoms with van der Waals surface area (Å²) < 4.78 is 10.1. The van der Waals surface area contributed by atoms with E-state index in [1.54, 1.807) is 18.0 Å². The minimum atomic E-state index is -0.0185. The fraction of sp³-hybridized carbons (Fsp3) is 0.692. The number of morpholine rings is 1. The molecule has 0 spiro atoms. The highest BCUT2D eigenvalue weighted by Gasteiger charge is 2.22. The summed E-state index contributed by atoms with van der Waals surface area (Å²) in [7, 11) is 1.80. The Morgan fingerprint density at radius 1 is 1.53 bits per heavy atom. The van der Waals surface area contributed by atoms with Crippen molar-refractivity contribution in [3.8, 4) is 0 Å². The van der Waals surface area contributed by atoms with E-state index in [1.165, 1.54) is 6.26 Å². The van der Waals surface area contributed by atoms with E-state index < -0.39 is 0 Å². The van der Waals surface area contributed by atoms with Crippen molar-refractivity contribution in [1.29, 1.82) is 0 Å². The van der Waals surface area contributed by atoms with Gasteiger partial charge in [-0.15, -0.1) is 0 Å². The van der Waals surface area contributed by atoms with Crippen LogP contribution in [0.3, 0.4) is 0 Å². The van der Waals surface area contributed by atoms with Crippen LogP contribution in [0.2, 0.25) is 0 Å². The van der Waals surface area contributed by atoms with Crippen LogP contribution in [0.1, 0.15) is 12.6 Å². The second-order valence-corrected chi connectivity index (χ2v) is 5.00. The fourth-order valence-corrected chi connectivity index (χ4v) is 2.27. The highest BCUT2D eigenvalue weighted by Crippen LogP contribution is 2.09. The van der Waals surface area contributed by atoms with Crippen molar-refractivity contribution in [2.24, 2.45) is 5.92 Å². The molecule has 1 atom stereocenters. The molecule has 6 nitrogen and oxygen atoms in total. The summed E-state index contributed by atoms with van der Waals surface area (Å²) in [5.41, 5.74) is 0.773. The van der Waals surface area contributed by atoms with Gasteiger partial charge < -0.3 is 14.2 Å². The third-order valence-corrected chi connectivity index (χ3v) is 3.32. The first-order valence-electron chi connectivity index (χ1n) is 6.61. The fourth-order valence-electron chi connectivity index (χ4n) is 2.27. The molecule has 2 rings (SSSR count). The summed E-state index contributed by atoms with van der Waals surface area (Å²) >= 11 is 0. The normalized spacial score (nSPS) is 18.2. The molecule has 0 aliphatic carbocycles. The smallest absolute Gasteiger partial charge is 0.226 e. The van der Waals surface area contributed by atoms with Gasteiger partial charge in [-0.3, -0.25) is 9.69 Å². The average Bonchev–Trinajstić information content (AvgIpc) is 2.91. The molecule has 106 valence electrons. The summed E-state index contributed by atoms with van der Waals surface area (Å²) in [6.07, 6.45) is 1.52. The van der Waals surface area contributed by atoms with Gasteiger partial charge in [0.05, 0.1) is 19.8 Å². The van der Waals surface area contributed by atoms with Crippen molar-refractivity contribution in [3.63, 3.8) is 0 Å². The first kappa shape index (κ1) is 14.0. The van der Waals surface area contributed by atoms with Gasteiger partial charge in [0.2, 0.25) is 5.91 Å². The molecule has 1 aliphatic rings. The molecular weight excluding hydrogens is 246 g/mol. The van der Waals surface area contributed by atoms with Crippen LogP contribution in [0.5, 0.6) is 0 Å². The lowest BCUT2D eigenvalue weighted by molar-refractivity contribution is -0.135. The predicted octanol–water partition coefficient (Wildman–Crippen LogP) is 0.601. The van der Waals surface area contributed by atoms with Crippen LogP contribution < -0.4 is 0 Å². The second-order valence-electron chi connectivity index (χ2n) is 5.00. The van der Waals surface area contributed by atoms with Crippen LogP contribution in [0.25, 0.3) is 0 Å². The minimum Gasteiger partial charge on any atom is -0.379 e. The predicted molar refractivity (Wildman–Crippen MR) is 69.4 cm³/mol. The lowest BCUT2D eigenvalue weighted by atomic mass is 10.1. The van der Waals surface area contributed by atoms with Crippen molar-refractivity contribution in [2.45, 2.75) is 13.5 Å². The molecule has 1 amide bonds. The molecule has 1 aliphatic heterocycles. The Morgan fingerprint density at radius 2 is 2.26 bits per heavy atom. The lowest BCUT2D eigenvalue weighted by Gasteiger charge is -2.30. The zero-order chi connectivity index (χ0) is 13.7. The van der Waals surface area contributed by atoms with Crippen LogP contribution >= 0.6 is 0 Å². The molecule has 0 N–H and O–H groups in total. The number of carbonyl (C=O) groups is 1. The van der Waals surface area contributed by atoms with E-state index in [0.29, 0.717) is 6.54 Å². The van der Waals surface area contributed by atoms with Gasteiger partial charge in [0, 0.05) is 38.7 Å². The molecule has 0 saturated carbocycles. The van der Waals surface area contributed by atoms with E-state index in [9.17, 15) is 4.79 Å². The van der Waals surface area contributed by atoms with Crippen LogP contribution in [0.15, 0.2) is 16.9 Å². The van der Waals surface area contributed by atoms with Gasteiger partial charge in [-0.25, -0.2) is 0 Å². The molecule has 1 aromatic rings. The van der Waals surface area contributed by atoms with Gasteiger partial charge in [0.25, 0.3) is 0 Å². The number of ether oxygens (including phenoxy) is 1. The molecule has 0 aromatic carbocycles. The summed E-state index contributed by atoms with van der Waals surface area (Å²) in [5, 5.41) is 3.82. The maximum atomic E-state index is 12.3. The summed E-state index contributed by atoms with van der Waals surface area (Å²) in [4.78, 5) is 16.2. The Hall–Kier alpha value is -1.40. The molecule has 0 radical (unpaired) electrons. The van der Waals surface area contributed by atoms with Crippen molar-refractivity contribution in [2.75, 3.05) is 39.9 Å². The van der Waals surface area contributed by atoms with Gasteiger partial charge in [-0.2, -0.15) is 0 Å². The van der Waals surface area contributed by atoms with E-state index in [4.69, 9.17) is 9.26 Å². The molecule has 2 heterocycles. The maximum Gasteiger partial charge on any atom is 0.226 e. The number of aromatic nitrogens is 1. The molecule has 1 fully saturated rings. The molecular formula is C13H21N3O3. The first-order chi connectivity index (χ1) is 9.16. The summed E-state index contributed by atoms with van der Waals surface area (Å²) in [6.45, 7) is 6.58. The van der Waals surface area contributed by atoms with Gasteiger partial charge >= 0.3 is 0 Å². The second kappa shape index (κ2) is 6.68. The molecule has 1 aromatic heterocycles. The largest absolute Gasteiger partial charge is 0.379 e. The quantitative estimate of drug-likeness (QED) is 0.782. The van der Waals surface area contributed by atoms with E-state index >= 15 is 0 Å². The van der Waals surface area contributed by atoms with Crippen LogP contribution in [-0.2, 0) is 16.1 Å². The van der Waals surface area contributed by atoms with Gasteiger partial charge in [0.1, 0.15) is 12.0 Å². The molecule has 6 heteroatoms. The number of amides is 1. The number of hydrogen-bond acceptors (Lipinski definition) is 5. The van der Waals surface area contributed by atoms with Crippen molar-refractivity contribution < 1.29 is 14.1 Å². The monoisotopic (exact) mass is 267 g/mol. The Morgan fingerprint density at radius 3 is 2.89 bits per heavy atom. The van der Waals surface area contributed by atoms with Gasteiger partial charge in [0.15, 0.2) is 0 Å². The minimum absolute atomic E-state index is 0.0185.